The summed E-state index contributed by atoms with van der Waals surface area (Å²) < 4.78 is 0. The van der Waals surface area contributed by atoms with Crippen molar-refractivity contribution in [2.45, 2.75) is 11.4 Å². The maximum absolute atomic E-state index is 12.9. The summed E-state index contributed by atoms with van der Waals surface area (Å²) in [5.41, 5.74) is 6.90. The number of thioether (sulfide) groups is 1. The first-order valence-electron chi connectivity index (χ1n) is 8.55. The Labute approximate surface area is 157 Å². The second-order valence-electron chi connectivity index (χ2n) is 6.14. The van der Waals surface area contributed by atoms with Crippen molar-refractivity contribution in [3.63, 3.8) is 0 Å². The van der Waals surface area contributed by atoms with E-state index in [-0.39, 0.29) is 17.6 Å². The number of pyridine rings is 1. The number of piperazine rings is 1. The van der Waals surface area contributed by atoms with Crippen LogP contribution in [0.1, 0.15) is 16.1 Å². The summed E-state index contributed by atoms with van der Waals surface area (Å²) in [6.07, 6.45) is 1.80. The Kier molecular flexibility index (Phi) is 6.25. The molecule has 136 valence electrons. The lowest BCUT2D eigenvalue weighted by Gasteiger charge is -2.34. The number of benzene rings is 1. The standard InChI is InChI=1S/C19H22N4O2S/c20-18(24)14-26-17-7-2-1-6-16(17)19(25)23-11-9-22(10-12-23)13-15-5-3-4-8-21-15/h1-8H,9-14H2,(H2,20,24). The second-order valence-corrected chi connectivity index (χ2v) is 7.16. The van der Waals surface area contributed by atoms with Crippen LogP contribution in [0.15, 0.2) is 53.6 Å². The van der Waals surface area contributed by atoms with E-state index in [1.165, 1.54) is 11.8 Å². The molecule has 0 radical (unpaired) electrons. The third-order valence-electron chi connectivity index (χ3n) is 4.26. The van der Waals surface area contributed by atoms with Gasteiger partial charge in [0.25, 0.3) is 5.91 Å². The van der Waals surface area contributed by atoms with Crippen LogP contribution >= 0.6 is 11.8 Å². The third kappa shape index (κ3) is 4.83. The molecule has 0 spiro atoms. The van der Waals surface area contributed by atoms with Crippen LogP contribution in [-0.2, 0) is 11.3 Å². The van der Waals surface area contributed by atoms with Crippen molar-refractivity contribution >= 4 is 23.6 Å². The lowest BCUT2D eigenvalue weighted by molar-refractivity contribution is -0.115. The molecule has 1 fully saturated rings. The lowest BCUT2D eigenvalue weighted by Crippen LogP contribution is -2.48. The molecular weight excluding hydrogens is 348 g/mol. The first kappa shape index (κ1) is 18.4. The molecule has 2 aromatic rings. The van der Waals surface area contributed by atoms with E-state index in [0.29, 0.717) is 18.7 Å². The number of hydrogen-bond donors (Lipinski definition) is 1. The molecule has 0 unspecified atom stereocenters. The molecule has 2 N–H and O–H groups in total. The van der Waals surface area contributed by atoms with Crippen LogP contribution in [0.5, 0.6) is 0 Å². The van der Waals surface area contributed by atoms with Crippen molar-refractivity contribution in [3.8, 4) is 0 Å². The van der Waals surface area contributed by atoms with Gasteiger partial charge in [0, 0.05) is 43.8 Å². The largest absolute Gasteiger partial charge is 0.369 e. The highest BCUT2D eigenvalue weighted by molar-refractivity contribution is 8.00. The van der Waals surface area contributed by atoms with Gasteiger partial charge >= 0.3 is 0 Å². The fourth-order valence-electron chi connectivity index (χ4n) is 2.92. The van der Waals surface area contributed by atoms with Crippen LogP contribution in [0.2, 0.25) is 0 Å². The summed E-state index contributed by atoms with van der Waals surface area (Å²) in [5, 5.41) is 0. The molecule has 0 aliphatic carbocycles. The molecular formula is C19H22N4O2S. The first-order chi connectivity index (χ1) is 12.6. The van der Waals surface area contributed by atoms with Crippen molar-refractivity contribution in [1.82, 2.24) is 14.8 Å². The number of rotatable bonds is 6. The molecule has 2 amide bonds. The zero-order valence-corrected chi connectivity index (χ0v) is 15.3. The maximum Gasteiger partial charge on any atom is 0.255 e. The number of primary amides is 1. The molecule has 0 bridgehead atoms. The summed E-state index contributed by atoms with van der Waals surface area (Å²) in [6.45, 7) is 3.80. The molecule has 0 atom stereocenters. The Balaban J connectivity index is 1.59. The summed E-state index contributed by atoms with van der Waals surface area (Å²) in [6, 6.07) is 13.3. The first-order valence-corrected chi connectivity index (χ1v) is 9.54. The zero-order chi connectivity index (χ0) is 18.4. The Morgan fingerprint density at radius 1 is 1.04 bits per heavy atom. The van der Waals surface area contributed by atoms with Crippen molar-refractivity contribution < 1.29 is 9.59 Å². The highest BCUT2D eigenvalue weighted by Gasteiger charge is 2.24. The number of carbonyl (C=O) groups is 2. The number of nitrogens with zero attached hydrogens (tertiary/aromatic N) is 3. The van der Waals surface area contributed by atoms with Crippen LogP contribution in [0.4, 0.5) is 0 Å². The van der Waals surface area contributed by atoms with E-state index in [1.54, 1.807) is 6.20 Å². The topological polar surface area (TPSA) is 79.5 Å². The van der Waals surface area contributed by atoms with Gasteiger partial charge in [0.1, 0.15) is 0 Å². The van der Waals surface area contributed by atoms with Gasteiger partial charge in [0.15, 0.2) is 0 Å². The van der Waals surface area contributed by atoms with E-state index in [1.807, 2.05) is 47.4 Å². The molecule has 1 aliphatic heterocycles. The summed E-state index contributed by atoms with van der Waals surface area (Å²) in [7, 11) is 0. The quantitative estimate of drug-likeness (QED) is 0.782. The monoisotopic (exact) mass is 370 g/mol. The Bertz CT molecular complexity index is 761. The predicted octanol–water partition coefficient (Wildman–Crippen LogP) is 1.62. The molecule has 1 saturated heterocycles. The molecule has 0 saturated carbocycles. The van der Waals surface area contributed by atoms with E-state index in [0.717, 1.165) is 30.2 Å². The average molecular weight is 370 g/mol. The smallest absolute Gasteiger partial charge is 0.255 e. The van der Waals surface area contributed by atoms with Crippen LogP contribution < -0.4 is 5.73 Å². The molecule has 1 aromatic heterocycles. The van der Waals surface area contributed by atoms with Crippen molar-refractivity contribution in [3.05, 3.63) is 59.9 Å². The van der Waals surface area contributed by atoms with Crippen molar-refractivity contribution in [1.29, 1.82) is 0 Å². The van der Waals surface area contributed by atoms with E-state index in [4.69, 9.17) is 5.73 Å². The highest BCUT2D eigenvalue weighted by atomic mass is 32.2. The fraction of sp³-hybridized carbons (Fsp3) is 0.316. The Morgan fingerprint density at radius 2 is 1.77 bits per heavy atom. The van der Waals surface area contributed by atoms with Gasteiger partial charge in [-0.25, -0.2) is 0 Å². The van der Waals surface area contributed by atoms with Crippen LogP contribution in [0.25, 0.3) is 0 Å². The van der Waals surface area contributed by atoms with E-state index >= 15 is 0 Å². The van der Waals surface area contributed by atoms with Gasteiger partial charge in [-0.3, -0.25) is 19.5 Å². The molecule has 3 rings (SSSR count). The summed E-state index contributed by atoms with van der Waals surface area (Å²) in [5.74, 6) is -0.210. The van der Waals surface area contributed by atoms with Crippen molar-refractivity contribution in [2.24, 2.45) is 5.73 Å². The minimum atomic E-state index is -0.389. The zero-order valence-electron chi connectivity index (χ0n) is 14.5. The van der Waals surface area contributed by atoms with Gasteiger partial charge < -0.3 is 10.6 Å². The molecule has 1 aromatic carbocycles. The fourth-order valence-corrected chi connectivity index (χ4v) is 3.70. The van der Waals surface area contributed by atoms with Gasteiger partial charge in [-0.1, -0.05) is 18.2 Å². The summed E-state index contributed by atoms with van der Waals surface area (Å²) >= 11 is 1.31. The minimum Gasteiger partial charge on any atom is -0.369 e. The van der Waals surface area contributed by atoms with Gasteiger partial charge in [-0.15, -0.1) is 11.8 Å². The molecule has 1 aliphatic rings. The van der Waals surface area contributed by atoms with Crippen LogP contribution in [0.3, 0.4) is 0 Å². The van der Waals surface area contributed by atoms with Gasteiger partial charge in [-0.05, 0) is 24.3 Å². The minimum absolute atomic E-state index is 0.00931. The van der Waals surface area contributed by atoms with Crippen LogP contribution in [0, 0.1) is 0 Å². The van der Waals surface area contributed by atoms with Gasteiger partial charge in [0.2, 0.25) is 5.91 Å². The number of aromatic nitrogens is 1. The lowest BCUT2D eigenvalue weighted by atomic mass is 10.1. The SMILES string of the molecule is NC(=O)CSc1ccccc1C(=O)N1CCN(Cc2ccccn2)CC1. The molecule has 2 heterocycles. The highest BCUT2D eigenvalue weighted by Crippen LogP contribution is 2.24. The Hall–Kier alpha value is -2.38. The molecule has 7 heteroatoms. The van der Waals surface area contributed by atoms with Gasteiger partial charge in [0.05, 0.1) is 17.0 Å². The van der Waals surface area contributed by atoms with E-state index in [9.17, 15) is 9.59 Å². The average Bonchev–Trinajstić information content (AvgIpc) is 2.67. The van der Waals surface area contributed by atoms with E-state index < -0.39 is 0 Å². The van der Waals surface area contributed by atoms with Crippen LogP contribution in [-0.4, -0.2) is 58.5 Å². The van der Waals surface area contributed by atoms with Gasteiger partial charge in [-0.2, -0.15) is 0 Å². The number of amides is 2. The number of hydrogen-bond acceptors (Lipinski definition) is 5. The molecule has 6 nitrogen and oxygen atoms in total. The summed E-state index contributed by atoms with van der Waals surface area (Å²) in [4.78, 5) is 33.3. The Morgan fingerprint density at radius 3 is 2.46 bits per heavy atom. The maximum atomic E-state index is 12.9. The van der Waals surface area contributed by atoms with Crippen molar-refractivity contribution in [2.75, 3.05) is 31.9 Å². The van der Waals surface area contributed by atoms with E-state index in [2.05, 4.69) is 9.88 Å². The second kappa shape index (κ2) is 8.82. The predicted molar refractivity (Wildman–Crippen MR) is 102 cm³/mol. The molecule has 26 heavy (non-hydrogen) atoms. The normalized spacial score (nSPS) is 15.0. The number of nitrogens with two attached hydrogens (primary N) is 1. The third-order valence-corrected chi connectivity index (χ3v) is 5.35. The number of carbonyl (C=O) groups excluding carboxylic acids is 2.